The van der Waals surface area contributed by atoms with Gasteiger partial charge in [-0.2, -0.15) is 0 Å². The van der Waals surface area contributed by atoms with Crippen LogP contribution >= 0.6 is 0 Å². The van der Waals surface area contributed by atoms with Crippen LogP contribution in [0.3, 0.4) is 0 Å². The molecule has 3 aliphatic rings. The molecule has 9 nitrogen and oxygen atoms in total. The molecule has 2 amide bonds. The summed E-state index contributed by atoms with van der Waals surface area (Å²) < 4.78 is 27.9. The van der Waals surface area contributed by atoms with Crippen LogP contribution in [0, 0.1) is 0 Å². The second-order valence-electron chi connectivity index (χ2n) is 8.63. The average Bonchev–Trinajstić information content (AvgIpc) is 3.43. The molecule has 2 heterocycles. The van der Waals surface area contributed by atoms with Gasteiger partial charge in [-0.1, -0.05) is 36.4 Å². The Kier molecular flexibility index (Phi) is 5.78. The van der Waals surface area contributed by atoms with Crippen molar-refractivity contribution >= 4 is 39.0 Å². The number of amides is 2. The molecule has 180 valence electrons. The average molecular weight is 493 g/mol. The summed E-state index contributed by atoms with van der Waals surface area (Å²) in [5.74, 6) is -0.671. The number of sulfonamides is 1. The molecule has 0 unspecified atom stereocenters. The molecule has 1 aliphatic carbocycles. The van der Waals surface area contributed by atoms with Crippen molar-refractivity contribution in [1.82, 2.24) is 14.9 Å². The largest absolute Gasteiger partial charge is 0.398 e. The van der Waals surface area contributed by atoms with Gasteiger partial charge in [-0.05, 0) is 30.5 Å². The molecular weight excluding hydrogens is 468 g/mol. The van der Waals surface area contributed by atoms with Crippen molar-refractivity contribution in [2.45, 2.75) is 24.2 Å². The molecule has 1 fully saturated rings. The van der Waals surface area contributed by atoms with E-state index in [-0.39, 0.29) is 40.0 Å². The van der Waals surface area contributed by atoms with Crippen LogP contribution in [0.15, 0.2) is 64.6 Å². The summed E-state index contributed by atoms with van der Waals surface area (Å²) in [5, 5.41) is 2.72. The van der Waals surface area contributed by atoms with Crippen molar-refractivity contribution in [2.75, 3.05) is 19.6 Å². The van der Waals surface area contributed by atoms with Crippen LogP contribution in [0.4, 0.5) is 0 Å². The number of fused-ring (bicyclic) bond motifs is 2. The van der Waals surface area contributed by atoms with Gasteiger partial charge >= 0.3 is 0 Å². The first-order valence-electron chi connectivity index (χ1n) is 11.4. The molecule has 0 atom stereocenters. The van der Waals surface area contributed by atoms with Gasteiger partial charge < -0.3 is 16.0 Å². The zero-order chi connectivity index (χ0) is 24.7. The van der Waals surface area contributed by atoms with E-state index in [0.717, 1.165) is 13.0 Å². The number of carbonyl (C=O) groups is 3. The summed E-state index contributed by atoms with van der Waals surface area (Å²) in [5.41, 5.74) is 8.54. The first-order valence-corrected chi connectivity index (χ1v) is 12.8. The van der Waals surface area contributed by atoms with Crippen molar-refractivity contribution in [1.29, 1.82) is 0 Å². The monoisotopic (exact) mass is 492 g/mol. The van der Waals surface area contributed by atoms with Gasteiger partial charge in [-0.25, -0.2) is 13.1 Å². The molecule has 10 heteroatoms. The lowest BCUT2D eigenvalue weighted by Gasteiger charge is -2.18. The van der Waals surface area contributed by atoms with Crippen molar-refractivity contribution in [2.24, 2.45) is 5.73 Å². The molecule has 0 spiro atoms. The van der Waals surface area contributed by atoms with Crippen LogP contribution in [-0.2, 0) is 19.6 Å². The van der Waals surface area contributed by atoms with Gasteiger partial charge in [0.15, 0.2) is 5.78 Å². The Balaban J connectivity index is 1.35. The number of hydrogen-bond donors (Lipinski definition) is 3. The smallest absolute Gasteiger partial charge is 0.258 e. The predicted octanol–water partition coefficient (Wildman–Crippen LogP) is 1.38. The van der Waals surface area contributed by atoms with Crippen molar-refractivity contribution < 1.29 is 22.8 Å². The van der Waals surface area contributed by atoms with Crippen LogP contribution in [0.5, 0.6) is 0 Å². The SMILES string of the molecule is NC1=C2C(=O)NC(c3ccc(S(=O)(=O)NCCCN4CCCC4=O)cc3)=C2C(=O)c2ccccc21. The number of Topliss-reactive ketones (excluding diaryl/α,β-unsaturated/α-hetero) is 1. The van der Waals surface area contributed by atoms with Gasteiger partial charge in [0.2, 0.25) is 15.9 Å². The zero-order valence-electron chi connectivity index (χ0n) is 18.8. The van der Waals surface area contributed by atoms with Gasteiger partial charge in [0.1, 0.15) is 0 Å². The summed E-state index contributed by atoms with van der Waals surface area (Å²) >= 11 is 0. The van der Waals surface area contributed by atoms with Crippen molar-refractivity contribution in [3.63, 3.8) is 0 Å². The van der Waals surface area contributed by atoms with Crippen LogP contribution in [0.2, 0.25) is 0 Å². The predicted molar refractivity (Wildman–Crippen MR) is 129 cm³/mol. The number of likely N-dealkylation sites (tertiary alicyclic amines) is 1. The maximum Gasteiger partial charge on any atom is 0.258 e. The second kappa shape index (κ2) is 8.79. The highest BCUT2D eigenvalue weighted by Crippen LogP contribution is 2.39. The highest BCUT2D eigenvalue weighted by atomic mass is 32.2. The highest BCUT2D eigenvalue weighted by molar-refractivity contribution is 7.89. The zero-order valence-corrected chi connectivity index (χ0v) is 19.7. The van der Waals surface area contributed by atoms with Crippen LogP contribution in [-0.4, -0.2) is 50.5 Å². The Morgan fingerprint density at radius 1 is 0.971 bits per heavy atom. The van der Waals surface area contributed by atoms with E-state index in [0.29, 0.717) is 41.8 Å². The number of benzene rings is 2. The molecule has 4 N–H and O–H groups in total. The number of ketones is 1. The minimum absolute atomic E-state index is 0.0593. The first kappa shape index (κ1) is 23.0. The summed E-state index contributed by atoms with van der Waals surface area (Å²) in [6.07, 6.45) is 1.92. The topological polar surface area (TPSA) is 139 Å². The quantitative estimate of drug-likeness (QED) is 0.499. The molecule has 0 saturated carbocycles. The molecule has 2 aliphatic heterocycles. The highest BCUT2D eigenvalue weighted by Gasteiger charge is 2.39. The number of nitrogens with one attached hydrogen (secondary N) is 2. The minimum atomic E-state index is -3.76. The molecule has 5 rings (SSSR count). The molecule has 35 heavy (non-hydrogen) atoms. The van der Waals surface area contributed by atoms with Crippen molar-refractivity contribution in [3.8, 4) is 0 Å². The molecule has 0 bridgehead atoms. The van der Waals surface area contributed by atoms with Gasteiger partial charge in [0.25, 0.3) is 5.91 Å². The first-order chi connectivity index (χ1) is 16.8. The van der Waals surface area contributed by atoms with E-state index in [1.54, 1.807) is 41.3 Å². The Bertz CT molecular complexity index is 1420. The molecule has 0 aromatic heterocycles. The number of hydrogen-bond acceptors (Lipinski definition) is 6. The summed E-state index contributed by atoms with van der Waals surface area (Å²) in [6.45, 7) is 1.45. The maximum absolute atomic E-state index is 13.2. The third-order valence-corrected chi connectivity index (χ3v) is 7.92. The second-order valence-corrected chi connectivity index (χ2v) is 10.4. The van der Waals surface area contributed by atoms with Crippen LogP contribution in [0.1, 0.15) is 40.7 Å². The Hall–Kier alpha value is -3.76. The minimum Gasteiger partial charge on any atom is -0.398 e. The number of nitrogens with zero attached hydrogens (tertiary/aromatic N) is 1. The molecule has 2 aromatic rings. The van der Waals surface area contributed by atoms with Gasteiger partial charge in [-0.15, -0.1) is 0 Å². The fourth-order valence-corrected chi connectivity index (χ4v) is 5.74. The fraction of sp³-hybridized carbons (Fsp3) is 0.240. The Labute approximate surface area is 202 Å². The molecular formula is C25H24N4O5S. The van der Waals surface area contributed by atoms with Gasteiger partial charge in [0.05, 0.1) is 27.4 Å². The molecule has 0 radical (unpaired) electrons. The van der Waals surface area contributed by atoms with E-state index >= 15 is 0 Å². The van der Waals surface area contributed by atoms with Crippen LogP contribution < -0.4 is 15.8 Å². The van der Waals surface area contributed by atoms with Gasteiger partial charge in [0, 0.05) is 37.2 Å². The van der Waals surface area contributed by atoms with Crippen molar-refractivity contribution in [3.05, 3.63) is 76.4 Å². The lowest BCUT2D eigenvalue weighted by atomic mass is 9.84. The van der Waals surface area contributed by atoms with E-state index in [1.807, 2.05) is 0 Å². The molecule has 1 saturated heterocycles. The maximum atomic E-state index is 13.2. The third kappa shape index (κ3) is 4.04. The third-order valence-electron chi connectivity index (χ3n) is 6.45. The molecule has 2 aromatic carbocycles. The van der Waals surface area contributed by atoms with E-state index in [9.17, 15) is 22.8 Å². The summed E-state index contributed by atoms with van der Waals surface area (Å²) in [6, 6.07) is 12.8. The Morgan fingerprint density at radius 3 is 2.37 bits per heavy atom. The fourth-order valence-electron chi connectivity index (χ4n) is 4.66. The number of nitrogens with two attached hydrogens (primary N) is 1. The number of rotatable bonds is 7. The lowest BCUT2D eigenvalue weighted by Crippen LogP contribution is -2.30. The standard InChI is InChI=1S/C25H24N4O5S/c26-22-17-5-1-2-6-18(17)24(31)21-20(22)25(32)28-23(21)15-8-10-16(11-9-15)35(33,34)27-12-4-14-29-13-3-7-19(29)30/h1-2,5-6,8-11,27H,3-4,7,12-14,26H2,(H,28,32). The summed E-state index contributed by atoms with van der Waals surface area (Å²) in [7, 11) is -3.76. The van der Waals surface area contributed by atoms with E-state index < -0.39 is 15.9 Å². The summed E-state index contributed by atoms with van der Waals surface area (Å²) in [4.78, 5) is 39.3. The lowest BCUT2D eigenvalue weighted by molar-refractivity contribution is -0.127. The van der Waals surface area contributed by atoms with E-state index in [4.69, 9.17) is 5.73 Å². The Morgan fingerprint density at radius 2 is 1.69 bits per heavy atom. The van der Waals surface area contributed by atoms with Gasteiger partial charge in [-0.3, -0.25) is 14.4 Å². The number of carbonyl (C=O) groups excluding carboxylic acids is 3. The van der Waals surface area contributed by atoms with E-state index in [1.165, 1.54) is 12.1 Å². The van der Waals surface area contributed by atoms with Crippen LogP contribution in [0.25, 0.3) is 11.4 Å². The normalized spacial score (nSPS) is 17.7. The van der Waals surface area contributed by atoms with E-state index in [2.05, 4.69) is 10.0 Å².